The Morgan fingerprint density at radius 3 is 2.90 bits per heavy atom. The molecule has 0 unspecified atom stereocenters. The first-order valence-corrected chi connectivity index (χ1v) is 11.0. The van der Waals surface area contributed by atoms with Gasteiger partial charge in [-0.05, 0) is 50.3 Å². The molecule has 7 heteroatoms. The molecule has 0 saturated carbocycles. The first kappa shape index (κ1) is 19.6. The largest absolute Gasteiger partial charge is 0.373 e. The number of para-hydroxylation sites is 2. The number of amides is 1. The quantitative estimate of drug-likeness (QED) is 0.646. The molecule has 152 valence electrons. The Kier molecular flexibility index (Phi) is 5.67. The van der Waals surface area contributed by atoms with Crippen molar-refractivity contribution in [2.75, 3.05) is 23.8 Å². The summed E-state index contributed by atoms with van der Waals surface area (Å²) in [5.41, 5.74) is 2.90. The van der Waals surface area contributed by atoms with Crippen LogP contribution in [0.5, 0.6) is 0 Å². The Hall–Kier alpha value is -2.67. The van der Waals surface area contributed by atoms with Gasteiger partial charge in [0.1, 0.15) is 10.7 Å². The van der Waals surface area contributed by atoms with Crippen LogP contribution in [-0.4, -0.2) is 29.5 Å². The molecule has 0 spiro atoms. The van der Waals surface area contributed by atoms with E-state index < -0.39 is 0 Å². The predicted octanol–water partition coefficient (Wildman–Crippen LogP) is 3.89. The third kappa shape index (κ3) is 4.05. The Bertz CT molecular complexity index is 1100. The molecular weight excluding hydrogens is 384 g/mol. The molecule has 1 amide bonds. The van der Waals surface area contributed by atoms with Crippen molar-refractivity contribution < 1.29 is 4.79 Å². The molecule has 3 aromatic rings. The summed E-state index contributed by atoms with van der Waals surface area (Å²) in [6, 6.07) is 7.77. The third-order valence-electron chi connectivity index (χ3n) is 5.53. The first-order valence-electron chi connectivity index (χ1n) is 10.2. The maximum absolute atomic E-state index is 12.6. The van der Waals surface area contributed by atoms with Crippen LogP contribution in [0.15, 0.2) is 29.1 Å². The second-order valence-electron chi connectivity index (χ2n) is 7.48. The Labute approximate surface area is 174 Å². The van der Waals surface area contributed by atoms with Gasteiger partial charge in [0.25, 0.3) is 5.56 Å². The van der Waals surface area contributed by atoms with Crippen molar-refractivity contribution in [2.45, 2.75) is 45.4 Å². The Balaban J connectivity index is 1.48. The van der Waals surface area contributed by atoms with E-state index >= 15 is 0 Å². The third-order valence-corrected chi connectivity index (χ3v) is 6.71. The highest BCUT2D eigenvalue weighted by Gasteiger charge is 2.20. The number of nitrogens with zero attached hydrogens (tertiary/aromatic N) is 2. The van der Waals surface area contributed by atoms with Gasteiger partial charge in [0.2, 0.25) is 5.91 Å². The molecule has 0 aliphatic heterocycles. The molecule has 2 aromatic heterocycles. The van der Waals surface area contributed by atoms with Gasteiger partial charge in [0.15, 0.2) is 0 Å². The second-order valence-corrected chi connectivity index (χ2v) is 8.57. The normalized spacial score (nSPS) is 13.3. The molecule has 6 nitrogen and oxygen atoms in total. The van der Waals surface area contributed by atoms with Crippen LogP contribution in [0.3, 0.4) is 0 Å². The average molecular weight is 411 g/mol. The van der Waals surface area contributed by atoms with E-state index in [4.69, 9.17) is 0 Å². The van der Waals surface area contributed by atoms with Gasteiger partial charge in [-0.15, -0.1) is 11.3 Å². The molecule has 2 N–H and O–H groups in total. The summed E-state index contributed by atoms with van der Waals surface area (Å²) in [6.07, 6.45) is 5.00. The summed E-state index contributed by atoms with van der Waals surface area (Å²) in [5.74, 6) is 0.491. The van der Waals surface area contributed by atoms with Gasteiger partial charge in [-0.25, -0.2) is 4.98 Å². The van der Waals surface area contributed by atoms with E-state index in [0.717, 1.165) is 47.4 Å². The van der Waals surface area contributed by atoms with E-state index in [2.05, 4.69) is 27.1 Å². The Morgan fingerprint density at radius 2 is 2.07 bits per heavy atom. The number of hydrogen-bond donors (Lipinski definition) is 2. The van der Waals surface area contributed by atoms with Crippen LogP contribution in [0.4, 0.5) is 11.4 Å². The summed E-state index contributed by atoms with van der Waals surface area (Å²) in [7, 11) is 2.00. The number of aryl methyl sites for hydroxylation is 3. The highest BCUT2D eigenvalue weighted by molar-refractivity contribution is 7.18. The zero-order valence-electron chi connectivity index (χ0n) is 16.9. The summed E-state index contributed by atoms with van der Waals surface area (Å²) in [4.78, 5) is 36.9. The standard InChI is InChI=1S/C22H26N4O2S/c1-3-26(2)16-10-6-5-9-15(16)23-19(27)13-12-18-24-21(28)20-14-8-4-7-11-17(14)29-22(20)25-18/h5-6,9-10H,3-4,7-8,11-13H2,1-2H3,(H,23,27)(H,24,25,28). The highest BCUT2D eigenvalue weighted by atomic mass is 32.1. The van der Waals surface area contributed by atoms with Crippen LogP contribution < -0.4 is 15.8 Å². The van der Waals surface area contributed by atoms with Crippen LogP contribution in [0.25, 0.3) is 10.2 Å². The van der Waals surface area contributed by atoms with E-state index in [1.165, 1.54) is 16.9 Å². The van der Waals surface area contributed by atoms with E-state index in [1.807, 2.05) is 31.3 Å². The maximum atomic E-state index is 12.6. The lowest BCUT2D eigenvalue weighted by molar-refractivity contribution is -0.116. The molecule has 0 bridgehead atoms. The van der Waals surface area contributed by atoms with Crippen LogP contribution in [0.2, 0.25) is 0 Å². The minimum Gasteiger partial charge on any atom is -0.373 e. The number of aromatic amines is 1. The summed E-state index contributed by atoms with van der Waals surface area (Å²) in [6.45, 7) is 2.92. The van der Waals surface area contributed by atoms with Crippen LogP contribution in [-0.2, 0) is 24.1 Å². The molecular formula is C22H26N4O2S. The smallest absolute Gasteiger partial charge is 0.259 e. The van der Waals surface area contributed by atoms with Gasteiger partial charge in [0, 0.05) is 31.3 Å². The second kappa shape index (κ2) is 8.37. The van der Waals surface area contributed by atoms with Gasteiger partial charge in [-0.1, -0.05) is 12.1 Å². The van der Waals surface area contributed by atoms with Crippen LogP contribution in [0.1, 0.15) is 42.5 Å². The highest BCUT2D eigenvalue weighted by Crippen LogP contribution is 2.33. The molecule has 4 rings (SSSR count). The molecule has 1 aliphatic rings. The summed E-state index contributed by atoms with van der Waals surface area (Å²) >= 11 is 1.64. The topological polar surface area (TPSA) is 78.1 Å². The first-order chi connectivity index (χ1) is 14.1. The number of carbonyl (C=O) groups excluding carboxylic acids is 1. The number of thiophene rings is 1. The van der Waals surface area contributed by atoms with Crippen molar-refractivity contribution >= 4 is 38.8 Å². The number of hydrogen-bond acceptors (Lipinski definition) is 5. The number of H-pyrrole nitrogens is 1. The van der Waals surface area contributed by atoms with Gasteiger partial charge in [0.05, 0.1) is 16.8 Å². The molecule has 0 radical (unpaired) electrons. The maximum Gasteiger partial charge on any atom is 0.259 e. The van der Waals surface area contributed by atoms with E-state index in [1.54, 1.807) is 11.3 Å². The van der Waals surface area contributed by atoms with Crippen molar-refractivity contribution in [2.24, 2.45) is 0 Å². The fourth-order valence-corrected chi connectivity index (χ4v) is 5.13. The van der Waals surface area contributed by atoms with Crippen molar-refractivity contribution in [1.29, 1.82) is 0 Å². The van der Waals surface area contributed by atoms with E-state index in [9.17, 15) is 9.59 Å². The lowest BCUT2D eigenvalue weighted by Crippen LogP contribution is -2.20. The number of aromatic nitrogens is 2. The fraction of sp³-hybridized carbons (Fsp3) is 0.409. The number of anilines is 2. The number of carbonyl (C=O) groups is 1. The molecule has 2 heterocycles. The summed E-state index contributed by atoms with van der Waals surface area (Å²) < 4.78 is 0. The van der Waals surface area contributed by atoms with E-state index in [0.29, 0.717) is 12.2 Å². The van der Waals surface area contributed by atoms with E-state index in [-0.39, 0.29) is 17.9 Å². The number of rotatable bonds is 6. The zero-order chi connectivity index (χ0) is 20.4. The molecule has 0 fully saturated rings. The van der Waals surface area contributed by atoms with Crippen molar-refractivity contribution in [3.05, 3.63) is 50.9 Å². The van der Waals surface area contributed by atoms with Crippen molar-refractivity contribution in [1.82, 2.24) is 9.97 Å². The summed E-state index contributed by atoms with van der Waals surface area (Å²) in [5, 5.41) is 3.75. The molecule has 1 aliphatic carbocycles. The van der Waals surface area contributed by atoms with Crippen molar-refractivity contribution in [3.63, 3.8) is 0 Å². The van der Waals surface area contributed by atoms with Gasteiger partial charge < -0.3 is 15.2 Å². The lowest BCUT2D eigenvalue weighted by Gasteiger charge is -2.20. The minimum absolute atomic E-state index is 0.0697. The number of fused-ring (bicyclic) bond motifs is 3. The zero-order valence-corrected chi connectivity index (χ0v) is 17.7. The SMILES string of the molecule is CCN(C)c1ccccc1NC(=O)CCc1nc2sc3c(c2c(=O)[nH]1)CCCC3. The molecule has 0 atom stereocenters. The van der Waals surface area contributed by atoms with Crippen LogP contribution in [0, 0.1) is 0 Å². The predicted molar refractivity (Wildman–Crippen MR) is 119 cm³/mol. The van der Waals surface area contributed by atoms with Gasteiger partial charge in [-0.2, -0.15) is 0 Å². The fourth-order valence-electron chi connectivity index (χ4n) is 3.85. The monoisotopic (exact) mass is 410 g/mol. The van der Waals surface area contributed by atoms with Crippen LogP contribution >= 0.6 is 11.3 Å². The van der Waals surface area contributed by atoms with Gasteiger partial charge in [-0.3, -0.25) is 9.59 Å². The average Bonchev–Trinajstić information content (AvgIpc) is 3.11. The number of nitrogens with one attached hydrogen (secondary N) is 2. The minimum atomic E-state index is -0.0878. The molecule has 0 saturated heterocycles. The Morgan fingerprint density at radius 1 is 1.28 bits per heavy atom. The van der Waals surface area contributed by atoms with Crippen molar-refractivity contribution in [3.8, 4) is 0 Å². The number of benzene rings is 1. The molecule has 29 heavy (non-hydrogen) atoms. The molecule has 1 aromatic carbocycles. The van der Waals surface area contributed by atoms with Gasteiger partial charge >= 0.3 is 0 Å². The lowest BCUT2D eigenvalue weighted by atomic mass is 9.97.